The number of ether oxygens (including phenoxy) is 2. The smallest absolute Gasteiger partial charge is 0.348 e. The molecule has 2 bridgehead atoms. The SMILES string of the molecule is CCOC(=O)/C(C#N)=C1/CC2CCC1(C)OC2(C)C. The van der Waals surface area contributed by atoms with Gasteiger partial charge in [0.2, 0.25) is 0 Å². The van der Waals surface area contributed by atoms with Gasteiger partial charge in [0, 0.05) is 0 Å². The molecule has 1 aliphatic carbocycles. The molecule has 2 heterocycles. The van der Waals surface area contributed by atoms with Crippen molar-refractivity contribution in [2.24, 2.45) is 5.92 Å². The van der Waals surface area contributed by atoms with Crippen molar-refractivity contribution in [3.63, 3.8) is 0 Å². The van der Waals surface area contributed by atoms with Crippen LogP contribution in [0.5, 0.6) is 0 Å². The van der Waals surface area contributed by atoms with Crippen LogP contribution < -0.4 is 0 Å². The van der Waals surface area contributed by atoms with Gasteiger partial charge >= 0.3 is 5.97 Å². The molecule has 0 aromatic carbocycles. The Morgan fingerprint density at radius 3 is 2.68 bits per heavy atom. The van der Waals surface area contributed by atoms with Crippen molar-refractivity contribution in [1.82, 2.24) is 0 Å². The highest BCUT2D eigenvalue weighted by Gasteiger charge is 2.52. The highest BCUT2D eigenvalue weighted by molar-refractivity contribution is 5.94. The first-order chi connectivity index (χ1) is 8.84. The number of carbonyl (C=O) groups is 1. The maximum absolute atomic E-state index is 11.9. The van der Waals surface area contributed by atoms with E-state index in [2.05, 4.69) is 13.8 Å². The minimum atomic E-state index is -0.518. The quantitative estimate of drug-likeness (QED) is 0.436. The van der Waals surface area contributed by atoms with Crippen molar-refractivity contribution in [2.45, 2.75) is 58.2 Å². The molecule has 1 saturated carbocycles. The number of hydrogen-bond acceptors (Lipinski definition) is 4. The topological polar surface area (TPSA) is 59.3 Å². The third-order valence-corrected chi connectivity index (χ3v) is 4.42. The first kappa shape index (κ1) is 14.1. The average Bonchev–Trinajstić information content (AvgIpc) is 2.30. The molecular formula is C15H21NO3. The van der Waals surface area contributed by atoms with Gasteiger partial charge in [0.1, 0.15) is 11.6 Å². The summed E-state index contributed by atoms with van der Waals surface area (Å²) in [5.74, 6) is -0.155. The summed E-state index contributed by atoms with van der Waals surface area (Å²) in [5.41, 5.74) is 0.274. The van der Waals surface area contributed by atoms with Crippen molar-refractivity contribution in [1.29, 1.82) is 5.26 Å². The molecule has 2 unspecified atom stereocenters. The van der Waals surface area contributed by atoms with E-state index >= 15 is 0 Å². The lowest BCUT2D eigenvalue weighted by atomic mass is 9.65. The van der Waals surface area contributed by atoms with Crippen molar-refractivity contribution in [2.75, 3.05) is 6.61 Å². The Bertz CT molecular complexity index is 472. The second kappa shape index (κ2) is 4.64. The van der Waals surface area contributed by atoms with E-state index in [4.69, 9.17) is 9.47 Å². The third-order valence-electron chi connectivity index (χ3n) is 4.42. The Balaban J connectivity index is 2.41. The number of rotatable bonds is 2. The molecule has 3 fully saturated rings. The van der Waals surface area contributed by atoms with Gasteiger partial charge < -0.3 is 9.47 Å². The Kier molecular flexibility index (Phi) is 3.44. The lowest BCUT2D eigenvalue weighted by molar-refractivity contribution is -0.202. The van der Waals surface area contributed by atoms with Crippen LogP contribution >= 0.6 is 0 Å². The molecule has 104 valence electrons. The predicted octanol–water partition coefficient (Wildman–Crippen LogP) is 2.74. The zero-order chi connectivity index (χ0) is 14.3. The summed E-state index contributed by atoms with van der Waals surface area (Å²) in [6.45, 7) is 8.18. The number of fused-ring (bicyclic) bond motifs is 3. The fourth-order valence-electron chi connectivity index (χ4n) is 3.34. The maximum Gasteiger partial charge on any atom is 0.348 e. The van der Waals surface area contributed by atoms with E-state index in [0.29, 0.717) is 5.92 Å². The number of hydrogen-bond donors (Lipinski definition) is 0. The Hall–Kier alpha value is -1.34. The van der Waals surface area contributed by atoms with E-state index in [1.807, 2.05) is 13.0 Å². The lowest BCUT2D eigenvalue weighted by Gasteiger charge is -2.55. The molecule has 2 aliphatic heterocycles. The summed E-state index contributed by atoms with van der Waals surface area (Å²) in [6.07, 6.45) is 2.70. The minimum absolute atomic E-state index is 0.143. The first-order valence-corrected chi connectivity index (χ1v) is 6.85. The van der Waals surface area contributed by atoms with Gasteiger partial charge in [-0.1, -0.05) is 0 Å². The summed E-state index contributed by atoms with van der Waals surface area (Å²) < 4.78 is 11.1. The van der Waals surface area contributed by atoms with Gasteiger partial charge in [-0.25, -0.2) is 4.79 Å². The molecule has 0 amide bonds. The van der Waals surface area contributed by atoms with Gasteiger partial charge in [0.15, 0.2) is 0 Å². The molecular weight excluding hydrogens is 242 g/mol. The summed E-state index contributed by atoms with van der Waals surface area (Å²) in [4.78, 5) is 11.9. The van der Waals surface area contributed by atoms with Crippen LogP contribution in [0.3, 0.4) is 0 Å². The molecule has 0 aromatic heterocycles. The number of esters is 1. The molecule has 0 radical (unpaired) electrons. The first-order valence-electron chi connectivity index (χ1n) is 6.85. The molecule has 2 saturated heterocycles. The van der Waals surface area contributed by atoms with Crippen molar-refractivity contribution in [3.05, 3.63) is 11.1 Å². The van der Waals surface area contributed by atoms with Crippen molar-refractivity contribution >= 4 is 5.97 Å². The monoisotopic (exact) mass is 263 g/mol. The van der Waals surface area contributed by atoms with Crippen LogP contribution in [0.4, 0.5) is 0 Å². The number of carbonyl (C=O) groups excluding carboxylic acids is 1. The normalized spacial score (nSPS) is 34.6. The van der Waals surface area contributed by atoms with Gasteiger partial charge in [0.25, 0.3) is 0 Å². The summed E-state index contributed by atoms with van der Waals surface area (Å²) >= 11 is 0. The Labute approximate surface area is 114 Å². The van der Waals surface area contributed by atoms with Crippen molar-refractivity contribution in [3.8, 4) is 6.07 Å². The molecule has 19 heavy (non-hydrogen) atoms. The van der Waals surface area contributed by atoms with Crippen LogP contribution in [0.1, 0.15) is 47.0 Å². The molecule has 0 aromatic rings. The number of nitrogens with zero attached hydrogens (tertiary/aromatic N) is 1. The van der Waals surface area contributed by atoms with E-state index in [1.165, 1.54) is 0 Å². The summed E-state index contributed by atoms with van der Waals surface area (Å²) in [7, 11) is 0. The van der Waals surface area contributed by atoms with E-state index in [-0.39, 0.29) is 17.8 Å². The molecule has 0 spiro atoms. The van der Waals surface area contributed by atoms with Gasteiger partial charge in [-0.05, 0) is 58.4 Å². The number of nitriles is 1. The van der Waals surface area contributed by atoms with E-state index in [1.54, 1.807) is 6.92 Å². The van der Waals surface area contributed by atoms with E-state index < -0.39 is 11.6 Å². The minimum Gasteiger partial charge on any atom is -0.462 e. The Morgan fingerprint density at radius 2 is 2.21 bits per heavy atom. The average molecular weight is 263 g/mol. The van der Waals surface area contributed by atoms with Gasteiger partial charge in [-0.2, -0.15) is 5.26 Å². The zero-order valence-electron chi connectivity index (χ0n) is 12.1. The van der Waals surface area contributed by atoms with Crippen LogP contribution in [0.2, 0.25) is 0 Å². The third kappa shape index (κ3) is 2.28. The molecule has 3 aliphatic rings. The van der Waals surface area contributed by atoms with Crippen LogP contribution in [0.15, 0.2) is 11.1 Å². The fraction of sp³-hybridized carbons (Fsp3) is 0.733. The van der Waals surface area contributed by atoms with Crippen LogP contribution in [0, 0.1) is 17.2 Å². The molecule has 2 atom stereocenters. The van der Waals surface area contributed by atoms with Crippen LogP contribution in [0.25, 0.3) is 0 Å². The lowest BCUT2D eigenvalue weighted by Crippen LogP contribution is -2.55. The van der Waals surface area contributed by atoms with E-state index in [0.717, 1.165) is 24.8 Å². The largest absolute Gasteiger partial charge is 0.462 e. The zero-order valence-corrected chi connectivity index (χ0v) is 12.1. The molecule has 3 rings (SSSR count). The van der Waals surface area contributed by atoms with E-state index in [9.17, 15) is 10.1 Å². The van der Waals surface area contributed by atoms with Gasteiger partial charge in [0.05, 0.1) is 17.8 Å². The fourth-order valence-corrected chi connectivity index (χ4v) is 3.34. The molecule has 0 N–H and O–H groups in total. The Morgan fingerprint density at radius 1 is 1.53 bits per heavy atom. The predicted molar refractivity (Wildman–Crippen MR) is 70.2 cm³/mol. The molecule has 4 nitrogen and oxygen atoms in total. The highest BCUT2D eigenvalue weighted by Crippen LogP contribution is 2.53. The van der Waals surface area contributed by atoms with Gasteiger partial charge in [-0.15, -0.1) is 0 Å². The second-order valence-corrected chi connectivity index (χ2v) is 6.06. The van der Waals surface area contributed by atoms with Crippen LogP contribution in [-0.2, 0) is 14.3 Å². The summed E-state index contributed by atoms with van der Waals surface area (Å²) in [5, 5.41) is 9.28. The highest BCUT2D eigenvalue weighted by atomic mass is 16.5. The molecule has 4 heteroatoms. The maximum atomic E-state index is 11.9. The summed E-state index contributed by atoms with van der Waals surface area (Å²) in [6, 6.07) is 2.02. The second-order valence-electron chi connectivity index (χ2n) is 6.06. The van der Waals surface area contributed by atoms with Crippen molar-refractivity contribution < 1.29 is 14.3 Å². The standard InChI is InChI=1S/C15H21NO3/c1-5-18-13(17)11(9-16)12-8-10-6-7-15(12,4)19-14(10,2)3/h10H,5-8H2,1-4H3/b12-11-. The van der Waals surface area contributed by atoms with Crippen LogP contribution in [-0.4, -0.2) is 23.8 Å². The van der Waals surface area contributed by atoms with Gasteiger partial charge in [-0.3, -0.25) is 0 Å².